The number of Topliss-reactive ketones (excluding diaryl/α,β-unsaturated/α-hetero) is 1. The summed E-state index contributed by atoms with van der Waals surface area (Å²) < 4.78 is 5.21. The van der Waals surface area contributed by atoms with E-state index in [4.69, 9.17) is 4.74 Å². The summed E-state index contributed by atoms with van der Waals surface area (Å²) in [5.41, 5.74) is 2.90. The number of benzene rings is 1. The first-order valence-corrected chi connectivity index (χ1v) is 6.11. The van der Waals surface area contributed by atoms with Crippen molar-refractivity contribution in [2.45, 2.75) is 13.8 Å². The zero-order valence-electron chi connectivity index (χ0n) is 9.98. The molecule has 0 bridgehead atoms. The number of carbonyl (C=O) groups excluding carboxylic acids is 1. The minimum atomic E-state index is 0.00600. The van der Waals surface area contributed by atoms with E-state index in [1.807, 2.05) is 30.5 Å². The van der Waals surface area contributed by atoms with Gasteiger partial charge >= 0.3 is 0 Å². The summed E-state index contributed by atoms with van der Waals surface area (Å²) in [5, 5.41) is 2.45. The number of ether oxygens (including phenoxy) is 1. The Morgan fingerprint density at radius 3 is 2.71 bits per heavy atom. The van der Waals surface area contributed by atoms with Gasteiger partial charge in [0.05, 0.1) is 12.8 Å². The van der Waals surface area contributed by atoms with Crippen molar-refractivity contribution in [3.05, 3.63) is 34.2 Å². The maximum absolute atomic E-state index is 11.2. The lowest BCUT2D eigenvalue weighted by Gasteiger charge is -2.05. The number of aryl methyl sites for hydroxylation is 1. The lowest BCUT2D eigenvalue weighted by Crippen LogP contribution is -1.91. The van der Waals surface area contributed by atoms with Crippen LogP contribution in [0.1, 0.15) is 22.3 Å². The number of thiazole rings is 1. The van der Waals surface area contributed by atoms with E-state index in [-0.39, 0.29) is 5.78 Å². The fraction of sp³-hybridized carbons (Fsp3) is 0.231. The molecule has 0 aliphatic heterocycles. The zero-order chi connectivity index (χ0) is 12.4. The number of methoxy groups -OCH3 is 1. The van der Waals surface area contributed by atoms with Gasteiger partial charge in [0.2, 0.25) is 0 Å². The van der Waals surface area contributed by atoms with E-state index in [1.54, 1.807) is 7.11 Å². The number of aromatic nitrogens is 1. The van der Waals surface area contributed by atoms with E-state index >= 15 is 0 Å². The maximum atomic E-state index is 11.2. The van der Waals surface area contributed by atoms with Crippen LogP contribution < -0.4 is 4.74 Å². The maximum Gasteiger partial charge on any atom is 0.188 e. The molecule has 1 aromatic carbocycles. The molecule has 0 radical (unpaired) electrons. The van der Waals surface area contributed by atoms with Crippen LogP contribution in [0.2, 0.25) is 0 Å². The molecule has 0 aliphatic carbocycles. The van der Waals surface area contributed by atoms with Crippen molar-refractivity contribution < 1.29 is 9.53 Å². The van der Waals surface area contributed by atoms with Crippen molar-refractivity contribution >= 4 is 17.1 Å². The summed E-state index contributed by atoms with van der Waals surface area (Å²) in [6.07, 6.45) is 0. The Kier molecular flexibility index (Phi) is 3.24. The Labute approximate surface area is 104 Å². The van der Waals surface area contributed by atoms with Gasteiger partial charge in [0.25, 0.3) is 0 Å². The van der Waals surface area contributed by atoms with Crippen molar-refractivity contribution in [2.75, 3.05) is 7.11 Å². The lowest BCUT2D eigenvalue weighted by molar-refractivity contribution is 0.101. The Morgan fingerprint density at radius 1 is 1.41 bits per heavy atom. The first-order chi connectivity index (χ1) is 8.11. The SMILES string of the molecule is COc1ccc(-c2csc(C(C)=O)n2)cc1C. The molecule has 2 rings (SSSR count). The predicted octanol–water partition coefficient (Wildman–Crippen LogP) is 3.33. The van der Waals surface area contributed by atoms with Crippen molar-refractivity contribution in [1.82, 2.24) is 4.98 Å². The number of ketones is 1. The minimum absolute atomic E-state index is 0.00600. The van der Waals surface area contributed by atoms with Crippen LogP contribution in [0.25, 0.3) is 11.3 Å². The standard InChI is InChI=1S/C13H13NO2S/c1-8-6-10(4-5-12(8)16-3)11-7-17-13(14-11)9(2)15/h4-7H,1-3H3. The van der Waals surface area contributed by atoms with Crippen LogP contribution in [-0.2, 0) is 0 Å². The van der Waals surface area contributed by atoms with E-state index in [1.165, 1.54) is 18.3 Å². The summed E-state index contributed by atoms with van der Waals surface area (Å²) in [6.45, 7) is 3.52. The molecule has 1 heterocycles. The van der Waals surface area contributed by atoms with E-state index in [0.717, 1.165) is 22.6 Å². The molecular formula is C13H13NO2S. The average Bonchev–Trinajstić information content (AvgIpc) is 2.78. The smallest absolute Gasteiger partial charge is 0.188 e. The zero-order valence-corrected chi connectivity index (χ0v) is 10.8. The van der Waals surface area contributed by atoms with Crippen LogP contribution >= 0.6 is 11.3 Å². The van der Waals surface area contributed by atoms with Gasteiger partial charge in [-0.2, -0.15) is 0 Å². The highest BCUT2D eigenvalue weighted by atomic mass is 32.1. The monoisotopic (exact) mass is 247 g/mol. The second kappa shape index (κ2) is 4.67. The second-order valence-corrected chi connectivity index (χ2v) is 4.64. The predicted molar refractivity (Wildman–Crippen MR) is 68.8 cm³/mol. The molecule has 2 aromatic rings. The van der Waals surface area contributed by atoms with Gasteiger partial charge in [0.15, 0.2) is 10.8 Å². The number of hydrogen-bond acceptors (Lipinski definition) is 4. The normalized spacial score (nSPS) is 10.3. The van der Waals surface area contributed by atoms with E-state index in [2.05, 4.69) is 4.98 Å². The van der Waals surface area contributed by atoms with Crippen molar-refractivity contribution in [3.8, 4) is 17.0 Å². The van der Waals surface area contributed by atoms with Gasteiger partial charge in [-0.1, -0.05) is 0 Å². The second-order valence-electron chi connectivity index (χ2n) is 3.78. The number of rotatable bonds is 3. The fourth-order valence-corrected chi connectivity index (χ4v) is 2.33. The third kappa shape index (κ3) is 2.36. The van der Waals surface area contributed by atoms with Gasteiger partial charge < -0.3 is 4.74 Å². The first-order valence-electron chi connectivity index (χ1n) is 5.23. The molecule has 0 saturated carbocycles. The van der Waals surface area contributed by atoms with Crippen LogP contribution in [0.4, 0.5) is 0 Å². The first kappa shape index (κ1) is 11.8. The van der Waals surface area contributed by atoms with Crippen LogP contribution in [0.5, 0.6) is 5.75 Å². The van der Waals surface area contributed by atoms with Crippen LogP contribution in [-0.4, -0.2) is 17.9 Å². The Bertz CT molecular complexity index is 560. The van der Waals surface area contributed by atoms with Crippen molar-refractivity contribution in [3.63, 3.8) is 0 Å². The molecule has 17 heavy (non-hydrogen) atoms. The molecule has 0 N–H and O–H groups in total. The third-order valence-corrected chi connectivity index (χ3v) is 3.44. The van der Waals surface area contributed by atoms with E-state index < -0.39 is 0 Å². The molecular weight excluding hydrogens is 234 g/mol. The molecule has 0 amide bonds. The highest BCUT2D eigenvalue weighted by Crippen LogP contribution is 2.27. The summed E-state index contributed by atoms with van der Waals surface area (Å²) >= 11 is 1.38. The summed E-state index contributed by atoms with van der Waals surface area (Å²) in [4.78, 5) is 15.5. The molecule has 1 aromatic heterocycles. The third-order valence-electron chi connectivity index (χ3n) is 2.50. The van der Waals surface area contributed by atoms with Gasteiger partial charge in [-0.15, -0.1) is 11.3 Å². The summed E-state index contributed by atoms with van der Waals surface area (Å²) in [7, 11) is 1.65. The largest absolute Gasteiger partial charge is 0.496 e. The average molecular weight is 247 g/mol. The van der Waals surface area contributed by atoms with E-state index in [9.17, 15) is 4.79 Å². The van der Waals surface area contributed by atoms with Gasteiger partial charge in [-0.25, -0.2) is 4.98 Å². The molecule has 4 heteroatoms. The molecule has 0 atom stereocenters. The molecule has 3 nitrogen and oxygen atoms in total. The summed E-state index contributed by atoms with van der Waals surface area (Å²) in [5.74, 6) is 0.863. The minimum Gasteiger partial charge on any atom is -0.496 e. The van der Waals surface area contributed by atoms with Crippen molar-refractivity contribution in [2.24, 2.45) is 0 Å². The molecule has 0 spiro atoms. The highest BCUT2D eigenvalue weighted by molar-refractivity contribution is 7.12. The Morgan fingerprint density at radius 2 is 2.18 bits per heavy atom. The quantitative estimate of drug-likeness (QED) is 0.781. The lowest BCUT2D eigenvalue weighted by atomic mass is 10.1. The summed E-state index contributed by atoms with van der Waals surface area (Å²) in [6, 6.07) is 5.88. The van der Waals surface area contributed by atoms with E-state index in [0.29, 0.717) is 5.01 Å². The number of carbonyl (C=O) groups is 1. The Balaban J connectivity index is 2.39. The van der Waals surface area contributed by atoms with Crippen LogP contribution in [0, 0.1) is 6.92 Å². The fourth-order valence-electron chi connectivity index (χ4n) is 1.61. The number of hydrogen-bond donors (Lipinski definition) is 0. The highest BCUT2D eigenvalue weighted by Gasteiger charge is 2.09. The van der Waals surface area contributed by atoms with Gasteiger partial charge in [0.1, 0.15) is 5.75 Å². The Hall–Kier alpha value is -1.68. The van der Waals surface area contributed by atoms with Gasteiger partial charge in [-0.3, -0.25) is 4.79 Å². The molecule has 0 fully saturated rings. The molecule has 0 aliphatic rings. The van der Waals surface area contributed by atoms with Crippen LogP contribution in [0.15, 0.2) is 23.6 Å². The molecule has 88 valence electrons. The van der Waals surface area contributed by atoms with Crippen LogP contribution in [0.3, 0.4) is 0 Å². The molecule has 0 saturated heterocycles. The van der Waals surface area contributed by atoms with Gasteiger partial charge in [-0.05, 0) is 30.7 Å². The van der Waals surface area contributed by atoms with Gasteiger partial charge in [0, 0.05) is 17.9 Å². The van der Waals surface area contributed by atoms with Crippen molar-refractivity contribution in [1.29, 1.82) is 0 Å². The molecule has 0 unspecified atom stereocenters. The topological polar surface area (TPSA) is 39.2 Å². The number of nitrogens with zero attached hydrogens (tertiary/aromatic N) is 1.